The predicted molar refractivity (Wildman–Crippen MR) is 46.6 cm³/mol. The summed E-state index contributed by atoms with van der Waals surface area (Å²) in [6.07, 6.45) is 3.47. The average molecular weight is 162 g/mol. The van der Waals surface area contributed by atoms with Gasteiger partial charge in [0.05, 0.1) is 6.04 Å². The standard InChI is InChI=1S/C9H10N2O/c1-6(10)9-4-7-5-11-3-2-8(7)12-9/h2-6H,10H2,1H3/t6-/m0/s1. The van der Waals surface area contributed by atoms with Gasteiger partial charge in [-0.05, 0) is 19.1 Å². The van der Waals surface area contributed by atoms with Crippen molar-refractivity contribution in [3.05, 3.63) is 30.3 Å². The molecule has 3 nitrogen and oxygen atoms in total. The number of aromatic nitrogens is 1. The first-order chi connectivity index (χ1) is 5.77. The molecule has 2 N–H and O–H groups in total. The minimum atomic E-state index is -0.0580. The van der Waals surface area contributed by atoms with Crippen LogP contribution in [0.4, 0.5) is 0 Å². The Morgan fingerprint density at radius 3 is 3.08 bits per heavy atom. The second kappa shape index (κ2) is 2.60. The van der Waals surface area contributed by atoms with Crippen LogP contribution >= 0.6 is 0 Å². The Bertz CT molecular complexity index is 359. The van der Waals surface area contributed by atoms with Crippen molar-refractivity contribution >= 4 is 11.0 Å². The molecule has 0 aliphatic rings. The maximum atomic E-state index is 5.66. The molecule has 2 heterocycles. The number of nitrogens with zero attached hydrogens (tertiary/aromatic N) is 1. The highest BCUT2D eigenvalue weighted by Crippen LogP contribution is 2.21. The first-order valence-corrected chi connectivity index (χ1v) is 3.86. The molecule has 0 saturated carbocycles. The van der Waals surface area contributed by atoms with Gasteiger partial charge in [-0.15, -0.1) is 0 Å². The highest BCUT2D eigenvalue weighted by molar-refractivity contribution is 5.76. The van der Waals surface area contributed by atoms with Gasteiger partial charge < -0.3 is 10.2 Å². The summed E-state index contributed by atoms with van der Waals surface area (Å²) in [6.45, 7) is 1.89. The van der Waals surface area contributed by atoms with Crippen LogP contribution in [0.5, 0.6) is 0 Å². The molecule has 2 aromatic heterocycles. The smallest absolute Gasteiger partial charge is 0.137 e. The highest BCUT2D eigenvalue weighted by atomic mass is 16.3. The maximum Gasteiger partial charge on any atom is 0.137 e. The summed E-state index contributed by atoms with van der Waals surface area (Å²) in [7, 11) is 0. The molecule has 0 aliphatic heterocycles. The summed E-state index contributed by atoms with van der Waals surface area (Å²) in [5, 5.41) is 1.00. The Balaban J connectivity index is 2.62. The van der Waals surface area contributed by atoms with Crippen LogP contribution in [0.25, 0.3) is 11.0 Å². The van der Waals surface area contributed by atoms with Gasteiger partial charge in [0, 0.05) is 17.8 Å². The van der Waals surface area contributed by atoms with Gasteiger partial charge >= 0.3 is 0 Å². The average Bonchev–Trinajstić information content (AvgIpc) is 2.46. The van der Waals surface area contributed by atoms with Gasteiger partial charge in [-0.3, -0.25) is 4.98 Å². The molecule has 0 unspecified atom stereocenters. The summed E-state index contributed by atoms with van der Waals surface area (Å²) in [6, 6.07) is 3.70. The van der Waals surface area contributed by atoms with E-state index in [0.29, 0.717) is 0 Å². The molecule has 12 heavy (non-hydrogen) atoms. The van der Waals surface area contributed by atoms with Crippen LogP contribution in [-0.2, 0) is 0 Å². The first-order valence-electron chi connectivity index (χ1n) is 3.86. The Hall–Kier alpha value is -1.35. The Morgan fingerprint density at radius 2 is 2.42 bits per heavy atom. The molecule has 0 aromatic carbocycles. The number of pyridine rings is 1. The van der Waals surface area contributed by atoms with Crippen LogP contribution in [0.2, 0.25) is 0 Å². The van der Waals surface area contributed by atoms with Crippen LogP contribution in [0.1, 0.15) is 18.7 Å². The number of rotatable bonds is 1. The molecule has 0 bridgehead atoms. The Kier molecular flexibility index (Phi) is 1.59. The SMILES string of the molecule is C[C@H](N)c1cc2cnccc2o1. The van der Waals surface area contributed by atoms with Crippen LogP contribution in [-0.4, -0.2) is 4.98 Å². The molecule has 0 spiro atoms. The van der Waals surface area contributed by atoms with Gasteiger partial charge in [-0.1, -0.05) is 0 Å². The predicted octanol–water partition coefficient (Wildman–Crippen LogP) is 1.85. The van der Waals surface area contributed by atoms with E-state index in [0.717, 1.165) is 16.7 Å². The number of furan rings is 1. The summed E-state index contributed by atoms with van der Waals surface area (Å²) >= 11 is 0. The molecular weight excluding hydrogens is 152 g/mol. The highest BCUT2D eigenvalue weighted by Gasteiger charge is 2.06. The van der Waals surface area contributed by atoms with Crippen molar-refractivity contribution in [2.45, 2.75) is 13.0 Å². The van der Waals surface area contributed by atoms with Crippen molar-refractivity contribution in [1.29, 1.82) is 0 Å². The van der Waals surface area contributed by atoms with E-state index in [1.54, 1.807) is 12.4 Å². The van der Waals surface area contributed by atoms with E-state index in [4.69, 9.17) is 10.2 Å². The van der Waals surface area contributed by atoms with Gasteiger partial charge in [-0.2, -0.15) is 0 Å². The van der Waals surface area contributed by atoms with Crippen molar-refractivity contribution in [3.63, 3.8) is 0 Å². The van der Waals surface area contributed by atoms with Gasteiger partial charge in [0.1, 0.15) is 11.3 Å². The van der Waals surface area contributed by atoms with Crippen LogP contribution < -0.4 is 5.73 Å². The third-order valence-electron chi connectivity index (χ3n) is 1.78. The summed E-state index contributed by atoms with van der Waals surface area (Å²) in [5.41, 5.74) is 6.51. The number of fused-ring (bicyclic) bond motifs is 1. The van der Waals surface area contributed by atoms with Gasteiger partial charge in [0.15, 0.2) is 0 Å². The Labute approximate surface area is 70.2 Å². The van der Waals surface area contributed by atoms with Crippen molar-refractivity contribution < 1.29 is 4.42 Å². The monoisotopic (exact) mass is 162 g/mol. The topological polar surface area (TPSA) is 52.0 Å². The lowest BCUT2D eigenvalue weighted by Crippen LogP contribution is -2.02. The van der Waals surface area contributed by atoms with E-state index in [1.807, 2.05) is 19.1 Å². The second-order valence-corrected chi connectivity index (χ2v) is 2.85. The van der Waals surface area contributed by atoms with E-state index in [1.165, 1.54) is 0 Å². The maximum absolute atomic E-state index is 5.66. The molecule has 2 aromatic rings. The molecule has 0 amide bonds. The molecule has 0 saturated heterocycles. The number of hydrogen-bond acceptors (Lipinski definition) is 3. The van der Waals surface area contributed by atoms with E-state index >= 15 is 0 Å². The number of hydrogen-bond donors (Lipinski definition) is 1. The fraction of sp³-hybridized carbons (Fsp3) is 0.222. The van der Waals surface area contributed by atoms with E-state index < -0.39 is 0 Å². The van der Waals surface area contributed by atoms with E-state index in [9.17, 15) is 0 Å². The summed E-state index contributed by atoms with van der Waals surface area (Å²) < 4.78 is 5.46. The fourth-order valence-corrected chi connectivity index (χ4v) is 1.13. The lowest BCUT2D eigenvalue weighted by atomic mass is 10.2. The first kappa shape index (κ1) is 7.31. The van der Waals surface area contributed by atoms with Crippen LogP contribution in [0.3, 0.4) is 0 Å². The zero-order chi connectivity index (χ0) is 8.55. The third-order valence-corrected chi connectivity index (χ3v) is 1.78. The largest absolute Gasteiger partial charge is 0.459 e. The second-order valence-electron chi connectivity index (χ2n) is 2.85. The third kappa shape index (κ3) is 1.08. The van der Waals surface area contributed by atoms with E-state index in [-0.39, 0.29) is 6.04 Å². The zero-order valence-corrected chi connectivity index (χ0v) is 6.82. The van der Waals surface area contributed by atoms with Crippen LogP contribution in [0, 0.1) is 0 Å². The lowest BCUT2D eigenvalue weighted by molar-refractivity contribution is 0.513. The minimum absolute atomic E-state index is 0.0580. The fourth-order valence-electron chi connectivity index (χ4n) is 1.13. The molecule has 0 radical (unpaired) electrons. The van der Waals surface area contributed by atoms with Crippen LogP contribution in [0.15, 0.2) is 28.9 Å². The van der Waals surface area contributed by atoms with Gasteiger partial charge in [0.25, 0.3) is 0 Å². The number of nitrogens with two attached hydrogens (primary N) is 1. The van der Waals surface area contributed by atoms with Crippen molar-refractivity contribution in [1.82, 2.24) is 4.98 Å². The van der Waals surface area contributed by atoms with Gasteiger partial charge in [0.2, 0.25) is 0 Å². The van der Waals surface area contributed by atoms with Crippen molar-refractivity contribution in [2.24, 2.45) is 5.73 Å². The zero-order valence-electron chi connectivity index (χ0n) is 6.82. The summed E-state index contributed by atoms with van der Waals surface area (Å²) in [4.78, 5) is 3.98. The van der Waals surface area contributed by atoms with Crippen molar-refractivity contribution in [2.75, 3.05) is 0 Å². The molecule has 3 heteroatoms. The summed E-state index contributed by atoms with van der Waals surface area (Å²) in [5.74, 6) is 0.804. The molecule has 0 fully saturated rings. The normalized spacial score (nSPS) is 13.5. The molecule has 62 valence electrons. The molecule has 0 aliphatic carbocycles. The molecular formula is C9H10N2O. The quantitative estimate of drug-likeness (QED) is 0.696. The molecule has 1 atom stereocenters. The van der Waals surface area contributed by atoms with Gasteiger partial charge in [-0.25, -0.2) is 0 Å². The molecule has 2 rings (SSSR count). The minimum Gasteiger partial charge on any atom is -0.459 e. The van der Waals surface area contributed by atoms with Crippen molar-refractivity contribution in [3.8, 4) is 0 Å². The Morgan fingerprint density at radius 1 is 1.58 bits per heavy atom. The lowest BCUT2D eigenvalue weighted by Gasteiger charge is -1.96. The van der Waals surface area contributed by atoms with E-state index in [2.05, 4.69) is 4.98 Å².